The van der Waals surface area contributed by atoms with E-state index < -0.39 is 0 Å². The molecular formula is C13H26N4O. The van der Waals surface area contributed by atoms with Crippen LogP contribution >= 0.6 is 0 Å². The van der Waals surface area contributed by atoms with Crippen molar-refractivity contribution in [2.45, 2.75) is 25.3 Å². The Morgan fingerprint density at radius 1 is 1.22 bits per heavy atom. The van der Waals surface area contributed by atoms with Crippen LogP contribution in [0.25, 0.3) is 0 Å². The summed E-state index contributed by atoms with van der Waals surface area (Å²) in [5.74, 6) is 0.200. The van der Waals surface area contributed by atoms with Crippen molar-refractivity contribution in [3.8, 4) is 0 Å². The number of rotatable bonds is 3. The van der Waals surface area contributed by atoms with E-state index in [1.165, 1.54) is 0 Å². The van der Waals surface area contributed by atoms with E-state index in [-0.39, 0.29) is 5.91 Å². The molecule has 2 heterocycles. The average Bonchev–Trinajstić information content (AvgIpc) is 2.61. The standard InChI is InChI=1S/C13H26N4O/c1-16-8-3-12(4-9-16)15-13(18)11-17-7-2-5-14-6-10-17/h12,14H,2-11H2,1H3,(H,15,18). The highest BCUT2D eigenvalue weighted by Gasteiger charge is 2.19. The number of carbonyl (C=O) groups excluding carboxylic acids is 1. The first kappa shape index (κ1) is 13.8. The van der Waals surface area contributed by atoms with E-state index in [1.54, 1.807) is 0 Å². The Morgan fingerprint density at radius 3 is 2.78 bits per heavy atom. The van der Waals surface area contributed by atoms with Gasteiger partial charge in [-0.2, -0.15) is 0 Å². The van der Waals surface area contributed by atoms with E-state index in [0.717, 1.165) is 58.5 Å². The maximum absolute atomic E-state index is 12.0. The Hall–Kier alpha value is -0.650. The minimum absolute atomic E-state index is 0.200. The smallest absolute Gasteiger partial charge is 0.234 e. The highest BCUT2D eigenvalue weighted by Crippen LogP contribution is 2.08. The molecule has 0 aromatic carbocycles. The first-order chi connectivity index (χ1) is 8.74. The van der Waals surface area contributed by atoms with E-state index in [0.29, 0.717) is 12.6 Å². The third kappa shape index (κ3) is 4.55. The summed E-state index contributed by atoms with van der Waals surface area (Å²) in [5, 5.41) is 6.54. The van der Waals surface area contributed by atoms with Crippen LogP contribution in [0.3, 0.4) is 0 Å². The lowest BCUT2D eigenvalue weighted by Gasteiger charge is -2.30. The predicted octanol–water partition coefficient (Wildman–Crippen LogP) is -0.508. The lowest BCUT2D eigenvalue weighted by atomic mass is 10.1. The molecule has 2 aliphatic rings. The zero-order valence-electron chi connectivity index (χ0n) is 11.5. The zero-order chi connectivity index (χ0) is 12.8. The maximum Gasteiger partial charge on any atom is 0.234 e. The van der Waals surface area contributed by atoms with Gasteiger partial charge in [-0.15, -0.1) is 0 Å². The summed E-state index contributed by atoms with van der Waals surface area (Å²) in [5.41, 5.74) is 0. The topological polar surface area (TPSA) is 47.6 Å². The van der Waals surface area contributed by atoms with Gasteiger partial charge < -0.3 is 15.5 Å². The van der Waals surface area contributed by atoms with Crippen LogP contribution in [0.5, 0.6) is 0 Å². The van der Waals surface area contributed by atoms with Gasteiger partial charge >= 0.3 is 0 Å². The molecule has 104 valence electrons. The molecule has 5 nitrogen and oxygen atoms in total. The fourth-order valence-electron chi connectivity index (χ4n) is 2.69. The fraction of sp³-hybridized carbons (Fsp3) is 0.923. The van der Waals surface area contributed by atoms with E-state index in [4.69, 9.17) is 0 Å². The number of carbonyl (C=O) groups is 1. The Kier molecular flexibility index (Phi) is 5.41. The lowest BCUT2D eigenvalue weighted by molar-refractivity contribution is -0.123. The van der Waals surface area contributed by atoms with Crippen molar-refractivity contribution in [3.63, 3.8) is 0 Å². The number of piperidine rings is 1. The number of hydrogen-bond donors (Lipinski definition) is 2. The van der Waals surface area contributed by atoms with E-state index in [1.807, 2.05) is 0 Å². The highest BCUT2D eigenvalue weighted by atomic mass is 16.2. The van der Waals surface area contributed by atoms with Gasteiger partial charge in [-0.25, -0.2) is 0 Å². The predicted molar refractivity (Wildman–Crippen MR) is 72.6 cm³/mol. The van der Waals surface area contributed by atoms with Gasteiger partial charge in [0.05, 0.1) is 6.54 Å². The number of nitrogens with zero attached hydrogens (tertiary/aromatic N) is 2. The van der Waals surface area contributed by atoms with E-state index in [9.17, 15) is 4.79 Å². The van der Waals surface area contributed by atoms with E-state index >= 15 is 0 Å². The van der Waals surface area contributed by atoms with Gasteiger partial charge in [0.25, 0.3) is 0 Å². The molecule has 0 saturated carbocycles. The van der Waals surface area contributed by atoms with Gasteiger partial charge in [0.2, 0.25) is 5.91 Å². The summed E-state index contributed by atoms with van der Waals surface area (Å²) in [6, 6.07) is 0.388. The van der Waals surface area contributed by atoms with Crippen LogP contribution < -0.4 is 10.6 Å². The van der Waals surface area contributed by atoms with Crippen LogP contribution in [-0.4, -0.2) is 74.6 Å². The summed E-state index contributed by atoms with van der Waals surface area (Å²) >= 11 is 0. The van der Waals surface area contributed by atoms with Crippen molar-refractivity contribution >= 4 is 5.91 Å². The summed E-state index contributed by atoms with van der Waals surface area (Å²) in [6.45, 7) is 6.86. The van der Waals surface area contributed by atoms with Gasteiger partial charge in [-0.1, -0.05) is 0 Å². The van der Waals surface area contributed by atoms with Crippen molar-refractivity contribution in [2.24, 2.45) is 0 Å². The average molecular weight is 254 g/mol. The monoisotopic (exact) mass is 254 g/mol. The lowest BCUT2D eigenvalue weighted by Crippen LogP contribution is -2.47. The first-order valence-corrected chi connectivity index (χ1v) is 7.15. The molecule has 0 aliphatic carbocycles. The SMILES string of the molecule is CN1CCC(NC(=O)CN2CCCNCC2)CC1. The summed E-state index contributed by atoms with van der Waals surface area (Å²) in [6.07, 6.45) is 3.31. The number of likely N-dealkylation sites (tertiary alicyclic amines) is 1. The number of amides is 1. The number of nitrogens with one attached hydrogen (secondary N) is 2. The maximum atomic E-state index is 12.0. The van der Waals surface area contributed by atoms with Crippen molar-refractivity contribution in [1.82, 2.24) is 20.4 Å². The largest absolute Gasteiger partial charge is 0.352 e. The summed E-state index contributed by atoms with van der Waals surface area (Å²) in [7, 11) is 2.14. The molecule has 0 aromatic rings. The first-order valence-electron chi connectivity index (χ1n) is 7.15. The molecule has 2 aliphatic heterocycles. The highest BCUT2D eigenvalue weighted by molar-refractivity contribution is 5.78. The molecule has 0 atom stereocenters. The van der Waals surface area contributed by atoms with Gasteiger partial charge in [0.1, 0.15) is 0 Å². The minimum Gasteiger partial charge on any atom is -0.352 e. The Labute approximate surface area is 110 Å². The van der Waals surface area contributed by atoms with Crippen molar-refractivity contribution < 1.29 is 4.79 Å². The third-order valence-corrected chi connectivity index (χ3v) is 3.88. The number of hydrogen-bond acceptors (Lipinski definition) is 4. The quantitative estimate of drug-likeness (QED) is 0.712. The van der Waals surface area contributed by atoms with Gasteiger partial charge in [0.15, 0.2) is 0 Å². The molecule has 0 unspecified atom stereocenters. The second-order valence-electron chi connectivity index (χ2n) is 5.52. The van der Waals surface area contributed by atoms with E-state index in [2.05, 4.69) is 27.5 Å². The van der Waals surface area contributed by atoms with Gasteiger partial charge in [0, 0.05) is 19.1 Å². The third-order valence-electron chi connectivity index (χ3n) is 3.88. The van der Waals surface area contributed by atoms with Crippen LogP contribution in [0.1, 0.15) is 19.3 Å². The zero-order valence-corrected chi connectivity index (χ0v) is 11.5. The van der Waals surface area contributed by atoms with Crippen molar-refractivity contribution in [2.75, 3.05) is 52.9 Å². The van der Waals surface area contributed by atoms with Crippen LogP contribution in [0.4, 0.5) is 0 Å². The molecule has 0 aromatic heterocycles. The molecule has 0 spiro atoms. The fourth-order valence-corrected chi connectivity index (χ4v) is 2.69. The van der Waals surface area contributed by atoms with Crippen LogP contribution in [0.2, 0.25) is 0 Å². The second kappa shape index (κ2) is 7.07. The Bertz CT molecular complexity index is 256. The van der Waals surface area contributed by atoms with Gasteiger partial charge in [-0.05, 0) is 52.5 Å². The molecule has 2 N–H and O–H groups in total. The van der Waals surface area contributed by atoms with Crippen molar-refractivity contribution in [3.05, 3.63) is 0 Å². The Morgan fingerprint density at radius 2 is 2.00 bits per heavy atom. The summed E-state index contributed by atoms with van der Waals surface area (Å²) < 4.78 is 0. The van der Waals surface area contributed by atoms with Crippen LogP contribution in [0, 0.1) is 0 Å². The van der Waals surface area contributed by atoms with Crippen LogP contribution in [-0.2, 0) is 4.79 Å². The minimum atomic E-state index is 0.200. The Balaban J connectivity index is 1.67. The molecule has 18 heavy (non-hydrogen) atoms. The molecule has 1 amide bonds. The van der Waals surface area contributed by atoms with Crippen molar-refractivity contribution in [1.29, 1.82) is 0 Å². The van der Waals surface area contributed by atoms with Crippen LogP contribution in [0.15, 0.2) is 0 Å². The molecule has 2 saturated heterocycles. The normalized spacial score (nSPS) is 24.7. The molecule has 0 bridgehead atoms. The molecule has 2 rings (SSSR count). The molecular weight excluding hydrogens is 228 g/mol. The summed E-state index contributed by atoms with van der Waals surface area (Å²) in [4.78, 5) is 16.6. The van der Waals surface area contributed by atoms with Gasteiger partial charge in [-0.3, -0.25) is 9.69 Å². The molecule has 0 radical (unpaired) electrons. The molecule has 2 fully saturated rings. The molecule has 5 heteroatoms. The second-order valence-corrected chi connectivity index (χ2v) is 5.52.